The number of carbonyl (C=O) groups is 1. The maximum absolute atomic E-state index is 14.4. The summed E-state index contributed by atoms with van der Waals surface area (Å²) < 4.78 is 35.0. The maximum Gasteiger partial charge on any atom is 0.338 e. The number of nitrogens with zero attached hydrogens (tertiary/aromatic N) is 3. The van der Waals surface area contributed by atoms with Gasteiger partial charge in [-0.1, -0.05) is 171 Å². The van der Waals surface area contributed by atoms with E-state index in [1.807, 2.05) is 135 Å². The van der Waals surface area contributed by atoms with Gasteiger partial charge in [0.25, 0.3) is 8.32 Å². The van der Waals surface area contributed by atoms with Crippen molar-refractivity contribution in [2.75, 3.05) is 19.0 Å². The van der Waals surface area contributed by atoms with Crippen LogP contribution in [0.4, 0.5) is 5.69 Å². The van der Waals surface area contributed by atoms with Crippen molar-refractivity contribution in [2.45, 2.75) is 94.7 Å². The van der Waals surface area contributed by atoms with Gasteiger partial charge in [-0.3, -0.25) is 0 Å². The number of nitrogens with one attached hydrogen (secondary N) is 1. The summed E-state index contributed by atoms with van der Waals surface area (Å²) in [7, 11) is -2.11. The summed E-state index contributed by atoms with van der Waals surface area (Å²) in [6, 6.07) is 52.6. The molecule has 7 rings (SSSR count). The monoisotopic (exact) mass is 929 g/mol. The number of benzene rings is 6. The highest BCUT2D eigenvalue weighted by Crippen LogP contribution is 2.57. The van der Waals surface area contributed by atoms with Crippen molar-refractivity contribution in [3.8, 4) is 5.75 Å². The van der Waals surface area contributed by atoms with Gasteiger partial charge < -0.3 is 34.4 Å². The number of nitrogens with two attached hydrogens (primary N) is 1. The first-order valence-electron chi connectivity index (χ1n) is 22.9. The van der Waals surface area contributed by atoms with Gasteiger partial charge in [-0.05, 0) is 94.8 Å². The second-order valence-electron chi connectivity index (χ2n) is 18.8. The summed E-state index contributed by atoms with van der Waals surface area (Å²) in [6.45, 7) is 16.6. The Hall–Kier alpha value is -6.50. The van der Waals surface area contributed by atoms with Crippen LogP contribution in [0.3, 0.4) is 0 Å². The third-order valence-corrected chi connectivity index (χ3v) is 18.7. The second kappa shape index (κ2) is 20.8. The highest BCUT2D eigenvalue weighted by Gasteiger charge is 2.79. The number of allylic oxidation sites excluding steroid dienone is 1. The minimum atomic E-state index is -3.67. The molecule has 0 spiro atoms. The van der Waals surface area contributed by atoms with Gasteiger partial charge in [0.15, 0.2) is 0 Å². The van der Waals surface area contributed by atoms with Gasteiger partial charge in [0.05, 0.1) is 50.1 Å². The maximum atomic E-state index is 14.4. The smallest absolute Gasteiger partial charge is 0.338 e. The van der Waals surface area contributed by atoms with Gasteiger partial charge in [-0.15, -0.1) is 0 Å². The fourth-order valence-corrected chi connectivity index (χ4v) is 14.8. The zero-order valence-electron chi connectivity index (χ0n) is 40.1. The van der Waals surface area contributed by atoms with Crippen LogP contribution in [0.5, 0.6) is 5.75 Å². The molecule has 6 aromatic carbocycles. The van der Waals surface area contributed by atoms with E-state index in [1.165, 1.54) is 0 Å². The van der Waals surface area contributed by atoms with Crippen molar-refractivity contribution in [3.05, 3.63) is 209 Å². The average molecular weight is 930 g/mol. The van der Waals surface area contributed by atoms with E-state index in [4.69, 9.17) is 29.1 Å². The van der Waals surface area contributed by atoms with E-state index < -0.39 is 54.3 Å². The topological polar surface area (TPSA) is 150 Å². The largest absolute Gasteiger partial charge is 0.497 e. The molecule has 0 aromatic heterocycles. The number of rotatable bonds is 19. The number of carbonyl (C=O) groups excluding carboxylic acids is 1. The van der Waals surface area contributed by atoms with Gasteiger partial charge >= 0.3 is 5.97 Å². The fraction of sp³-hybridized carbons (Fsp3) is 0.304. The third kappa shape index (κ3) is 9.49. The number of ether oxygens (including phenoxy) is 4. The van der Waals surface area contributed by atoms with E-state index in [0.717, 1.165) is 32.6 Å². The standard InChI is InChI=1S/C56H63N5O6Si/c1-40(2)45-26-21-27-46(36-45)59-50-51(60-61-58)56(57,41(3)66-52(62)44-32-34-47(63-8)35-33-44)54(7,65-38-43-24-15-10-16-25-43)55(50,39-64-37-42-22-13-9-14-23-42)67-68(53(4,5)6,48-28-17-11-18-29-48)49-30-19-12-20-31-49/h9-36,41,50-51,59H,1,37-39,57H2,2-8H3/t41-,50-,51-,54-,55+,56-/m0/s1. The summed E-state index contributed by atoms with van der Waals surface area (Å²) in [5.41, 5.74) is 18.2. The number of anilines is 1. The Morgan fingerprint density at radius 3 is 1.87 bits per heavy atom. The number of hydrogen-bond donors (Lipinski definition) is 2. The van der Waals surface area contributed by atoms with E-state index in [1.54, 1.807) is 38.3 Å². The molecule has 352 valence electrons. The first kappa shape index (κ1) is 49.4. The number of azide groups is 1. The van der Waals surface area contributed by atoms with Crippen LogP contribution in [0.15, 0.2) is 182 Å². The second-order valence-corrected chi connectivity index (χ2v) is 23.0. The predicted octanol–water partition coefficient (Wildman–Crippen LogP) is 10.7. The van der Waals surface area contributed by atoms with Crippen molar-refractivity contribution in [1.29, 1.82) is 0 Å². The zero-order valence-corrected chi connectivity index (χ0v) is 41.1. The Morgan fingerprint density at radius 1 is 0.809 bits per heavy atom. The Kier molecular flexibility index (Phi) is 15.1. The molecular weight excluding hydrogens is 867 g/mol. The lowest BCUT2D eigenvalue weighted by Gasteiger charge is -2.57. The molecule has 0 bridgehead atoms. The molecule has 0 saturated heterocycles. The number of esters is 1. The molecule has 6 aromatic rings. The molecule has 1 aliphatic carbocycles. The van der Waals surface area contributed by atoms with Crippen LogP contribution in [0.1, 0.15) is 68.6 Å². The molecule has 11 nitrogen and oxygen atoms in total. The molecule has 68 heavy (non-hydrogen) atoms. The van der Waals surface area contributed by atoms with Crippen LogP contribution in [-0.2, 0) is 31.9 Å². The van der Waals surface area contributed by atoms with Crippen molar-refractivity contribution < 1.29 is 28.2 Å². The van der Waals surface area contributed by atoms with Gasteiger partial charge in [-0.25, -0.2) is 4.79 Å². The molecule has 0 aliphatic heterocycles. The van der Waals surface area contributed by atoms with E-state index in [0.29, 0.717) is 11.4 Å². The Balaban J connectivity index is 1.57. The van der Waals surface area contributed by atoms with Crippen molar-refractivity contribution in [3.63, 3.8) is 0 Å². The zero-order chi connectivity index (χ0) is 48.6. The summed E-state index contributed by atoms with van der Waals surface area (Å²) in [4.78, 5) is 17.9. The number of methoxy groups -OCH3 is 1. The minimum Gasteiger partial charge on any atom is -0.497 e. The van der Waals surface area contributed by atoms with Crippen LogP contribution in [-0.4, -0.2) is 62.9 Å². The molecule has 0 radical (unpaired) electrons. The van der Waals surface area contributed by atoms with Crippen LogP contribution >= 0.6 is 0 Å². The third-order valence-electron chi connectivity index (χ3n) is 13.6. The lowest BCUT2D eigenvalue weighted by atomic mass is 9.73. The van der Waals surface area contributed by atoms with Gasteiger partial charge in [-0.2, -0.15) is 0 Å². The molecule has 12 heteroatoms. The molecule has 0 unspecified atom stereocenters. The van der Waals surface area contributed by atoms with Crippen LogP contribution in [0.2, 0.25) is 5.04 Å². The fourth-order valence-electron chi connectivity index (χ4n) is 9.91. The highest BCUT2D eigenvalue weighted by atomic mass is 28.4. The first-order chi connectivity index (χ1) is 32.6. The molecule has 1 aliphatic rings. The minimum absolute atomic E-state index is 0.0564. The SMILES string of the molecule is C=C(C)c1cccc(N[C@H]2[C@H](N=[N+]=[N-])[C@@](N)([C@H](C)OC(=O)c3ccc(OC)cc3)[C@@](C)(OCc3ccccc3)[C@]2(COCc2ccccc2)O[Si](c2ccccc2)(c2ccccc2)C(C)(C)C)c1. The molecule has 3 N–H and O–H groups in total. The van der Waals surface area contributed by atoms with Crippen LogP contribution < -0.4 is 26.2 Å². The van der Waals surface area contributed by atoms with E-state index in [2.05, 4.69) is 67.0 Å². The molecular formula is C56H63N5O6Si. The van der Waals surface area contributed by atoms with Crippen molar-refractivity contribution in [2.24, 2.45) is 10.8 Å². The lowest BCUT2D eigenvalue weighted by Crippen LogP contribution is -2.79. The molecule has 1 fully saturated rings. The summed E-state index contributed by atoms with van der Waals surface area (Å²) in [5.74, 6) is -0.0594. The summed E-state index contributed by atoms with van der Waals surface area (Å²) in [6.07, 6.45) is -1.18. The van der Waals surface area contributed by atoms with Crippen LogP contribution in [0.25, 0.3) is 16.0 Å². The van der Waals surface area contributed by atoms with E-state index in [9.17, 15) is 10.3 Å². The molecule has 1 saturated carbocycles. The van der Waals surface area contributed by atoms with E-state index in [-0.39, 0.29) is 25.4 Å². The molecule has 0 amide bonds. The van der Waals surface area contributed by atoms with E-state index >= 15 is 0 Å². The highest BCUT2D eigenvalue weighted by molar-refractivity contribution is 6.99. The quantitative estimate of drug-likeness (QED) is 0.0268. The van der Waals surface area contributed by atoms with Gasteiger partial charge in [0, 0.05) is 10.6 Å². The van der Waals surface area contributed by atoms with Gasteiger partial charge in [0.1, 0.15) is 23.1 Å². The Morgan fingerprint density at radius 2 is 1.35 bits per heavy atom. The summed E-state index contributed by atoms with van der Waals surface area (Å²) in [5, 5.41) is 9.90. The first-order valence-corrected chi connectivity index (χ1v) is 24.9. The molecule has 6 atom stereocenters. The number of hydrogen-bond acceptors (Lipinski definition) is 9. The Labute approximate surface area is 402 Å². The van der Waals surface area contributed by atoms with Crippen LogP contribution in [0, 0.1) is 0 Å². The summed E-state index contributed by atoms with van der Waals surface area (Å²) >= 11 is 0. The van der Waals surface area contributed by atoms with Crippen molar-refractivity contribution >= 4 is 35.9 Å². The van der Waals surface area contributed by atoms with Gasteiger partial charge in [0.2, 0.25) is 0 Å². The lowest BCUT2D eigenvalue weighted by molar-refractivity contribution is -0.213. The normalized spacial score (nSPS) is 21.8. The predicted molar refractivity (Wildman–Crippen MR) is 273 cm³/mol. The molecule has 0 heterocycles. The van der Waals surface area contributed by atoms with Crippen molar-refractivity contribution in [1.82, 2.24) is 0 Å². The average Bonchev–Trinajstić information content (AvgIpc) is 3.49. The Bertz CT molecular complexity index is 2640.